The van der Waals surface area contributed by atoms with E-state index in [1.165, 1.54) is 18.2 Å². The molecule has 0 unspecified atom stereocenters. The van der Waals surface area contributed by atoms with E-state index in [1.807, 2.05) is 25.1 Å². The number of carboxylic acid groups (broad SMARTS) is 1. The molecule has 6 nitrogen and oxygen atoms in total. The van der Waals surface area contributed by atoms with Gasteiger partial charge in [0, 0.05) is 26.3 Å². The SMILES string of the molecule is CN(C)c1cccc(S(=O)(=O)NCc2cccc(C(=O)O)c2)c1. The number of hydrogen-bond acceptors (Lipinski definition) is 4. The number of nitrogens with zero attached hydrogens (tertiary/aromatic N) is 1. The lowest BCUT2D eigenvalue weighted by atomic mass is 10.1. The summed E-state index contributed by atoms with van der Waals surface area (Å²) in [6.07, 6.45) is 0. The summed E-state index contributed by atoms with van der Waals surface area (Å²) in [7, 11) is -0.0118. The fourth-order valence-electron chi connectivity index (χ4n) is 2.00. The van der Waals surface area contributed by atoms with E-state index < -0.39 is 16.0 Å². The molecular weight excluding hydrogens is 316 g/mol. The topological polar surface area (TPSA) is 86.7 Å². The van der Waals surface area contributed by atoms with Crippen molar-refractivity contribution < 1.29 is 18.3 Å². The van der Waals surface area contributed by atoms with Crippen LogP contribution in [0.25, 0.3) is 0 Å². The number of anilines is 1. The number of rotatable bonds is 6. The Kier molecular flexibility index (Phi) is 5.02. The molecule has 2 N–H and O–H groups in total. The molecule has 0 spiro atoms. The lowest BCUT2D eigenvalue weighted by molar-refractivity contribution is 0.0696. The number of nitrogens with one attached hydrogen (secondary N) is 1. The van der Waals surface area contributed by atoms with Crippen LogP contribution >= 0.6 is 0 Å². The van der Waals surface area contributed by atoms with Crippen molar-refractivity contribution in [1.82, 2.24) is 4.72 Å². The molecule has 0 atom stereocenters. The maximum absolute atomic E-state index is 12.4. The van der Waals surface area contributed by atoms with Gasteiger partial charge in [-0.25, -0.2) is 17.9 Å². The summed E-state index contributed by atoms with van der Waals surface area (Å²) < 4.78 is 27.2. The second kappa shape index (κ2) is 6.80. The summed E-state index contributed by atoms with van der Waals surface area (Å²) in [5, 5.41) is 8.95. The minimum atomic E-state index is -3.67. The van der Waals surface area contributed by atoms with E-state index in [4.69, 9.17) is 5.11 Å². The highest BCUT2D eigenvalue weighted by Crippen LogP contribution is 2.17. The highest BCUT2D eigenvalue weighted by Gasteiger charge is 2.15. The van der Waals surface area contributed by atoms with Gasteiger partial charge in [0.25, 0.3) is 0 Å². The van der Waals surface area contributed by atoms with Crippen LogP contribution in [-0.2, 0) is 16.6 Å². The number of carbonyl (C=O) groups is 1. The number of aromatic carboxylic acids is 1. The predicted molar refractivity (Wildman–Crippen MR) is 88.2 cm³/mol. The average Bonchev–Trinajstić information content (AvgIpc) is 2.53. The zero-order valence-electron chi connectivity index (χ0n) is 12.9. The zero-order chi connectivity index (χ0) is 17.0. The van der Waals surface area contributed by atoms with Gasteiger partial charge in [-0.3, -0.25) is 0 Å². The number of benzene rings is 2. The third kappa shape index (κ3) is 4.30. The molecule has 0 saturated carbocycles. The summed E-state index contributed by atoms with van der Waals surface area (Å²) in [4.78, 5) is 12.9. The molecule has 0 aliphatic rings. The molecule has 2 aromatic carbocycles. The highest BCUT2D eigenvalue weighted by molar-refractivity contribution is 7.89. The minimum absolute atomic E-state index is 0.0235. The number of sulfonamides is 1. The Balaban J connectivity index is 2.17. The summed E-state index contributed by atoms with van der Waals surface area (Å²) >= 11 is 0. The maximum atomic E-state index is 12.4. The van der Waals surface area contributed by atoms with Crippen LogP contribution in [0.2, 0.25) is 0 Å². The molecule has 122 valence electrons. The third-order valence-electron chi connectivity index (χ3n) is 3.28. The van der Waals surface area contributed by atoms with Gasteiger partial charge in [0.05, 0.1) is 10.5 Å². The lowest BCUT2D eigenvalue weighted by Crippen LogP contribution is -2.23. The van der Waals surface area contributed by atoms with Gasteiger partial charge < -0.3 is 10.0 Å². The molecule has 0 heterocycles. The van der Waals surface area contributed by atoms with Gasteiger partial charge >= 0.3 is 5.97 Å². The number of carboxylic acids is 1. The van der Waals surface area contributed by atoms with Crippen molar-refractivity contribution in [2.45, 2.75) is 11.4 Å². The third-order valence-corrected chi connectivity index (χ3v) is 4.68. The van der Waals surface area contributed by atoms with Crippen molar-refractivity contribution in [1.29, 1.82) is 0 Å². The summed E-state index contributed by atoms with van der Waals surface area (Å²) in [6, 6.07) is 12.7. The van der Waals surface area contributed by atoms with E-state index in [2.05, 4.69) is 4.72 Å². The van der Waals surface area contributed by atoms with E-state index in [1.54, 1.807) is 24.3 Å². The van der Waals surface area contributed by atoms with Crippen LogP contribution in [-0.4, -0.2) is 33.6 Å². The average molecular weight is 334 g/mol. The largest absolute Gasteiger partial charge is 0.478 e. The Hall–Kier alpha value is -2.38. The van der Waals surface area contributed by atoms with Crippen molar-refractivity contribution in [2.24, 2.45) is 0 Å². The van der Waals surface area contributed by atoms with E-state index in [0.29, 0.717) is 5.56 Å². The van der Waals surface area contributed by atoms with Crippen molar-refractivity contribution in [3.63, 3.8) is 0 Å². The van der Waals surface area contributed by atoms with Gasteiger partial charge in [-0.15, -0.1) is 0 Å². The van der Waals surface area contributed by atoms with Crippen LogP contribution in [0.3, 0.4) is 0 Å². The van der Waals surface area contributed by atoms with Crippen LogP contribution in [0.4, 0.5) is 5.69 Å². The smallest absolute Gasteiger partial charge is 0.335 e. The standard InChI is InChI=1S/C16H18N2O4S/c1-18(2)14-7-4-8-15(10-14)23(21,22)17-11-12-5-3-6-13(9-12)16(19)20/h3-10,17H,11H2,1-2H3,(H,19,20). The second-order valence-electron chi connectivity index (χ2n) is 5.22. The normalized spacial score (nSPS) is 11.2. The van der Waals surface area contributed by atoms with Gasteiger partial charge in [0.2, 0.25) is 10.0 Å². The Labute approximate surface area is 135 Å². The van der Waals surface area contributed by atoms with Gasteiger partial charge in [0.1, 0.15) is 0 Å². The molecule has 0 aromatic heterocycles. The van der Waals surface area contributed by atoms with Gasteiger partial charge in [-0.05, 0) is 35.9 Å². The fraction of sp³-hybridized carbons (Fsp3) is 0.188. The van der Waals surface area contributed by atoms with Crippen LogP contribution in [0, 0.1) is 0 Å². The second-order valence-corrected chi connectivity index (χ2v) is 6.99. The van der Waals surface area contributed by atoms with Gasteiger partial charge in [-0.1, -0.05) is 18.2 Å². The first-order valence-electron chi connectivity index (χ1n) is 6.89. The molecule has 0 fully saturated rings. The molecule has 0 amide bonds. The molecule has 0 bridgehead atoms. The molecule has 2 aromatic rings. The van der Waals surface area contributed by atoms with Crippen LogP contribution in [0.1, 0.15) is 15.9 Å². The van der Waals surface area contributed by atoms with Gasteiger partial charge in [-0.2, -0.15) is 0 Å². The maximum Gasteiger partial charge on any atom is 0.335 e. The molecular formula is C16H18N2O4S. The van der Waals surface area contributed by atoms with Gasteiger partial charge in [0.15, 0.2) is 0 Å². The summed E-state index contributed by atoms with van der Waals surface area (Å²) in [6.45, 7) is 0.0235. The number of hydrogen-bond donors (Lipinski definition) is 2. The van der Waals surface area contributed by atoms with Crippen molar-refractivity contribution in [3.8, 4) is 0 Å². The monoisotopic (exact) mass is 334 g/mol. The van der Waals surface area contributed by atoms with Crippen molar-refractivity contribution >= 4 is 21.7 Å². The Morgan fingerprint density at radius 2 is 1.83 bits per heavy atom. The minimum Gasteiger partial charge on any atom is -0.478 e. The summed E-state index contributed by atoms with van der Waals surface area (Å²) in [5.41, 5.74) is 1.48. The quantitative estimate of drug-likeness (QED) is 0.843. The highest BCUT2D eigenvalue weighted by atomic mass is 32.2. The molecule has 2 rings (SSSR count). The van der Waals surface area contributed by atoms with Crippen LogP contribution in [0.5, 0.6) is 0 Å². The van der Waals surface area contributed by atoms with E-state index in [-0.39, 0.29) is 17.0 Å². The fourth-order valence-corrected chi connectivity index (χ4v) is 3.06. The van der Waals surface area contributed by atoms with E-state index in [0.717, 1.165) is 5.69 Å². The first-order chi connectivity index (χ1) is 10.8. The summed E-state index contributed by atoms with van der Waals surface area (Å²) in [5.74, 6) is -1.05. The molecule has 0 aliphatic carbocycles. The molecule has 0 radical (unpaired) electrons. The van der Waals surface area contributed by atoms with E-state index >= 15 is 0 Å². The lowest BCUT2D eigenvalue weighted by Gasteiger charge is -2.14. The predicted octanol–water partition coefficient (Wildman–Crippen LogP) is 1.93. The van der Waals surface area contributed by atoms with Crippen LogP contribution in [0.15, 0.2) is 53.4 Å². The first kappa shape index (κ1) is 17.0. The molecule has 23 heavy (non-hydrogen) atoms. The van der Waals surface area contributed by atoms with Crippen LogP contribution < -0.4 is 9.62 Å². The van der Waals surface area contributed by atoms with Crippen molar-refractivity contribution in [3.05, 3.63) is 59.7 Å². The zero-order valence-corrected chi connectivity index (χ0v) is 13.7. The first-order valence-corrected chi connectivity index (χ1v) is 8.37. The molecule has 0 aliphatic heterocycles. The Bertz CT molecular complexity index is 816. The molecule has 7 heteroatoms. The Morgan fingerprint density at radius 1 is 1.13 bits per heavy atom. The molecule has 0 saturated heterocycles. The van der Waals surface area contributed by atoms with Crippen molar-refractivity contribution in [2.75, 3.05) is 19.0 Å². The Morgan fingerprint density at radius 3 is 2.48 bits per heavy atom. The van der Waals surface area contributed by atoms with E-state index in [9.17, 15) is 13.2 Å².